The van der Waals surface area contributed by atoms with Crippen LogP contribution in [0.3, 0.4) is 0 Å². The van der Waals surface area contributed by atoms with Gasteiger partial charge >= 0.3 is 167 Å². The molecule has 0 spiro atoms. The Morgan fingerprint density at radius 1 is 0.524 bits per heavy atom. The first kappa shape index (κ1) is 23.5. The summed E-state index contributed by atoms with van der Waals surface area (Å²) in [6.45, 7) is 20.3. The average molecular weight is 600 g/mol. The Morgan fingerprint density at radius 2 is 0.762 bits per heavy atom. The van der Waals surface area contributed by atoms with E-state index in [0.29, 0.717) is 0 Å². The van der Waals surface area contributed by atoms with Gasteiger partial charge in [-0.15, -0.1) is 0 Å². The molecular formula is C12H27Cl2N3Se4. The minimum atomic E-state index is -0.00347. The number of nitrogens with zero attached hydrogens (tertiary/aromatic N) is 3. The van der Waals surface area contributed by atoms with E-state index in [4.69, 9.17) is 20.2 Å². The first-order chi connectivity index (χ1) is 9.23. The molecule has 0 N–H and O–H groups in total. The van der Waals surface area contributed by atoms with Crippen molar-refractivity contribution in [3.05, 3.63) is 0 Å². The van der Waals surface area contributed by atoms with E-state index in [1.165, 1.54) is 0 Å². The predicted molar refractivity (Wildman–Crippen MR) is 99.5 cm³/mol. The van der Waals surface area contributed by atoms with Gasteiger partial charge in [0.05, 0.1) is 0 Å². The first-order valence-corrected chi connectivity index (χ1v) is 15.7. The summed E-state index contributed by atoms with van der Waals surface area (Å²) in [5.74, 6) is 0. The first-order valence-electron chi connectivity index (χ1n) is 6.57. The maximum absolute atomic E-state index is 6.26. The molecule has 9 heteroatoms. The predicted octanol–water partition coefficient (Wildman–Crippen LogP) is 2.90. The van der Waals surface area contributed by atoms with Crippen LogP contribution in [0.5, 0.6) is 0 Å². The normalized spacial score (nSPS) is 14.6. The fourth-order valence-corrected chi connectivity index (χ4v) is 14.0. The van der Waals surface area contributed by atoms with Gasteiger partial charge < -0.3 is 0 Å². The Labute approximate surface area is 165 Å². The number of hydrogen-bond acceptors (Lipinski definition) is 3. The second-order valence-corrected chi connectivity index (χ2v) is 18.4. The molecule has 0 unspecified atom stereocenters. The summed E-state index contributed by atoms with van der Waals surface area (Å²) in [7, 11) is 12.5. The van der Waals surface area contributed by atoms with Crippen molar-refractivity contribution in [1.29, 1.82) is 0 Å². The van der Waals surface area contributed by atoms with Gasteiger partial charge in [-0.3, -0.25) is 0 Å². The zero-order valence-electron chi connectivity index (χ0n) is 14.2. The molecule has 0 aliphatic heterocycles. The summed E-state index contributed by atoms with van der Waals surface area (Å²) >= 11 is 0.445. The van der Waals surface area contributed by atoms with Crippen molar-refractivity contribution in [2.75, 3.05) is 0 Å². The summed E-state index contributed by atoms with van der Waals surface area (Å²) in [6, 6.07) is 0. The van der Waals surface area contributed by atoms with Crippen molar-refractivity contribution >= 4 is 79.5 Å². The average Bonchev–Trinajstić information content (AvgIpc) is 2.23. The van der Waals surface area contributed by atoms with E-state index in [2.05, 4.69) is 71.1 Å². The third kappa shape index (κ3) is 8.98. The van der Waals surface area contributed by atoms with Gasteiger partial charge in [0.15, 0.2) is 0 Å². The molecule has 0 heterocycles. The SMILES string of the molecule is CC(C)(C)N([Se]Cl)[Se]N([Se]N([Se]Cl)C(C)(C)C)C(C)(C)C. The molecule has 0 saturated carbocycles. The number of rotatable bonds is 6. The van der Waals surface area contributed by atoms with E-state index >= 15 is 0 Å². The summed E-state index contributed by atoms with van der Waals surface area (Å²) in [5.41, 5.74) is 0.345. The molecule has 0 aromatic heterocycles. The standard InChI is InChI=1S/C12H27Cl2N3Se4/c1-10(2,3)15(18-13)20-17(12(7,8)9)21-16(19-14)11(4,5)6/h1-9H3. The molecule has 0 radical (unpaired) electrons. The van der Waals surface area contributed by atoms with Gasteiger partial charge in [-0.05, 0) is 0 Å². The molecule has 0 bridgehead atoms. The monoisotopic (exact) mass is 603 g/mol. The van der Waals surface area contributed by atoms with Crippen molar-refractivity contribution in [3.8, 4) is 0 Å². The Balaban J connectivity index is 5.15. The third-order valence-corrected chi connectivity index (χ3v) is 18.6. The van der Waals surface area contributed by atoms with E-state index in [-0.39, 0.29) is 75.9 Å². The van der Waals surface area contributed by atoms with Crippen molar-refractivity contribution < 1.29 is 0 Å². The molecule has 3 nitrogen and oxygen atoms in total. The van der Waals surface area contributed by atoms with Crippen molar-refractivity contribution in [2.24, 2.45) is 0 Å². The molecule has 0 saturated heterocycles. The number of halogens is 2. The van der Waals surface area contributed by atoms with Gasteiger partial charge in [-0.1, -0.05) is 0 Å². The van der Waals surface area contributed by atoms with Crippen LogP contribution in [0.4, 0.5) is 0 Å². The molecule has 0 fully saturated rings. The molecule has 0 atom stereocenters. The van der Waals surface area contributed by atoms with Gasteiger partial charge in [0, 0.05) is 0 Å². The van der Waals surface area contributed by atoms with Crippen LogP contribution in [-0.2, 0) is 0 Å². The molecule has 0 rings (SSSR count). The molecule has 0 aliphatic carbocycles. The molecule has 0 aliphatic rings. The van der Waals surface area contributed by atoms with Crippen LogP contribution in [0.25, 0.3) is 0 Å². The van der Waals surface area contributed by atoms with E-state index in [0.717, 1.165) is 0 Å². The van der Waals surface area contributed by atoms with Crippen molar-refractivity contribution in [1.82, 2.24) is 8.80 Å². The molecule has 0 aromatic carbocycles. The van der Waals surface area contributed by atoms with Crippen LogP contribution in [0.2, 0.25) is 0 Å². The number of hydrogen-bond donors (Lipinski definition) is 0. The fraction of sp³-hybridized carbons (Fsp3) is 1.00. The zero-order chi connectivity index (χ0) is 17.1. The topological polar surface area (TPSA) is 9.72 Å². The van der Waals surface area contributed by atoms with Crippen LogP contribution in [-0.4, -0.2) is 84.7 Å². The van der Waals surface area contributed by atoms with Gasteiger partial charge in [0.2, 0.25) is 0 Å². The molecule has 128 valence electrons. The van der Waals surface area contributed by atoms with E-state index in [9.17, 15) is 0 Å². The van der Waals surface area contributed by atoms with Gasteiger partial charge in [-0.25, -0.2) is 0 Å². The van der Waals surface area contributed by atoms with Crippen LogP contribution < -0.4 is 0 Å². The Bertz CT molecular complexity index is 289. The zero-order valence-corrected chi connectivity index (χ0v) is 22.6. The van der Waals surface area contributed by atoms with E-state index in [1.54, 1.807) is 0 Å². The van der Waals surface area contributed by atoms with Crippen molar-refractivity contribution in [2.45, 2.75) is 78.9 Å². The Hall–Kier alpha value is 2.54. The third-order valence-electron chi connectivity index (χ3n) is 2.07. The summed E-state index contributed by atoms with van der Waals surface area (Å²) in [5, 5.41) is 0. The van der Waals surface area contributed by atoms with Gasteiger partial charge in [0.25, 0.3) is 0 Å². The second kappa shape index (κ2) is 9.29. The minimum absolute atomic E-state index is 0.00347. The van der Waals surface area contributed by atoms with Crippen LogP contribution in [0, 0.1) is 0 Å². The second-order valence-electron chi connectivity index (χ2n) is 7.59. The van der Waals surface area contributed by atoms with Crippen LogP contribution >= 0.6 is 20.2 Å². The molecule has 0 aromatic rings. The Kier molecular flexibility index (Phi) is 10.4. The van der Waals surface area contributed by atoms with E-state index < -0.39 is 0 Å². The summed E-state index contributed by atoms with van der Waals surface area (Å²) in [6.07, 6.45) is 0. The van der Waals surface area contributed by atoms with Gasteiger partial charge in [-0.2, -0.15) is 0 Å². The Morgan fingerprint density at radius 3 is 0.905 bits per heavy atom. The summed E-state index contributed by atoms with van der Waals surface area (Å²) < 4.78 is 7.42. The molecule has 0 amide bonds. The molecule has 21 heavy (non-hydrogen) atoms. The fourth-order valence-electron chi connectivity index (χ4n) is 0.872. The van der Waals surface area contributed by atoms with Crippen LogP contribution in [0.15, 0.2) is 0 Å². The van der Waals surface area contributed by atoms with Gasteiger partial charge in [0.1, 0.15) is 0 Å². The van der Waals surface area contributed by atoms with Crippen molar-refractivity contribution in [3.63, 3.8) is 0 Å². The molecular weight excluding hydrogens is 573 g/mol. The van der Waals surface area contributed by atoms with E-state index in [1.807, 2.05) is 0 Å². The summed E-state index contributed by atoms with van der Waals surface area (Å²) in [4.78, 5) is 0. The quantitative estimate of drug-likeness (QED) is 0.435. The van der Waals surface area contributed by atoms with Crippen LogP contribution in [0.1, 0.15) is 62.3 Å². The maximum atomic E-state index is 6.26.